The molecule has 0 radical (unpaired) electrons. The highest BCUT2D eigenvalue weighted by atomic mass is 32.1. The van der Waals surface area contributed by atoms with E-state index in [0.29, 0.717) is 11.3 Å². The zero-order chi connectivity index (χ0) is 36.8. The first-order chi connectivity index (χ1) is 25.1. The molecule has 0 amide bonds. The topological polar surface area (TPSA) is 36.1 Å². The number of allylic oxidation sites excluding steroid dienone is 2. The maximum absolute atomic E-state index is 4.97. The first kappa shape index (κ1) is 37.1. The Morgan fingerprint density at radius 3 is 1.65 bits per heavy atom. The molecule has 1 aliphatic rings. The summed E-state index contributed by atoms with van der Waals surface area (Å²) in [5.41, 5.74) is 18.4. The van der Waals surface area contributed by atoms with E-state index in [9.17, 15) is 0 Å². The molecule has 1 fully saturated rings. The van der Waals surface area contributed by atoms with Gasteiger partial charge in [0.25, 0.3) is 0 Å². The summed E-state index contributed by atoms with van der Waals surface area (Å²) < 4.78 is 0. The maximum Gasteiger partial charge on any atom is 0.0443 e. The van der Waals surface area contributed by atoms with E-state index in [1.54, 1.807) is 0 Å². The highest BCUT2D eigenvalue weighted by molar-refractivity contribution is 7.81. The molecule has 5 aromatic carbocycles. The van der Waals surface area contributed by atoms with Crippen molar-refractivity contribution in [3.05, 3.63) is 171 Å². The first-order valence-electron chi connectivity index (χ1n) is 18.8. The highest BCUT2D eigenvalue weighted by Gasteiger charge is 2.24. The van der Waals surface area contributed by atoms with Crippen LogP contribution in [0.5, 0.6) is 0 Å². The maximum atomic E-state index is 4.97. The second kappa shape index (κ2) is 16.8. The van der Waals surface area contributed by atoms with E-state index in [1.807, 2.05) is 6.08 Å². The van der Waals surface area contributed by atoms with Gasteiger partial charge in [0.2, 0.25) is 0 Å². The molecule has 0 aromatic heterocycles. The molecule has 4 heteroatoms. The van der Waals surface area contributed by atoms with Crippen LogP contribution >= 0.6 is 12.6 Å². The van der Waals surface area contributed by atoms with Gasteiger partial charge in [0.05, 0.1) is 0 Å². The third kappa shape index (κ3) is 8.85. The number of rotatable bonds is 12. The predicted octanol–water partition coefficient (Wildman–Crippen LogP) is 12.8. The number of hydrogen-bond acceptors (Lipinski definition) is 4. The van der Waals surface area contributed by atoms with Crippen LogP contribution in [0.25, 0.3) is 5.70 Å². The number of benzene rings is 5. The van der Waals surface area contributed by atoms with Gasteiger partial charge in [-0.1, -0.05) is 109 Å². The predicted molar refractivity (Wildman–Crippen MR) is 229 cm³/mol. The van der Waals surface area contributed by atoms with Gasteiger partial charge < -0.3 is 16.0 Å². The van der Waals surface area contributed by atoms with E-state index in [4.69, 9.17) is 12.6 Å². The van der Waals surface area contributed by atoms with Crippen molar-refractivity contribution in [2.24, 2.45) is 0 Å². The van der Waals surface area contributed by atoms with Crippen LogP contribution in [0.3, 0.4) is 0 Å². The molecule has 0 bridgehead atoms. The minimum atomic E-state index is 0.146. The summed E-state index contributed by atoms with van der Waals surface area (Å²) in [6.07, 6.45) is 9.66. The zero-order valence-electron chi connectivity index (χ0n) is 31.8. The van der Waals surface area contributed by atoms with Gasteiger partial charge in [-0.15, -0.1) is 0 Å². The Balaban J connectivity index is 1.34. The fourth-order valence-corrected chi connectivity index (χ4v) is 8.47. The molecule has 6 rings (SSSR count). The fraction of sp³-hybridized carbons (Fsp3) is 0.292. The number of thiol groups is 1. The SMILES string of the molecule is C=C/C=C(/NC1CCCCC1S)c1ccccc1CC(c1ccc(Nc2c(C)cc(C)cc2C)cc1)c1ccc(Nc2c(C)cc(C)cc2C)cc1. The van der Waals surface area contributed by atoms with Gasteiger partial charge in [0, 0.05) is 51.2 Å². The number of nitrogens with one attached hydrogen (secondary N) is 3. The molecular weight excluding hydrogens is 651 g/mol. The van der Waals surface area contributed by atoms with Crippen LogP contribution < -0.4 is 16.0 Å². The summed E-state index contributed by atoms with van der Waals surface area (Å²) in [4.78, 5) is 0. The standard InChI is InChI=1S/C48H55N3S/c1-8-13-44(51-45-16-11-12-17-46(45)52)42-15-10-9-14-39(42)30-43(37-18-22-40(23-19-37)49-47-33(4)26-31(2)27-34(47)5)38-20-24-41(25-21-38)50-48-35(6)28-32(3)29-36(48)7/h8-10,13-15,18-29,43,45-46,49-52H,1,11-12,16-17,30H2,2-7H3/b44-13+. The number of anilines is 4. The van der Waals surface area contributed by atoms with E-state index < -0.39 is 0 Å². The van der Waals surface area contributed by atoms with Gasteiger partial charge in [-0.25, -0.2) is 0 Å². The quantitative estimate of drug-likeness (QED) is 0.0771. The highest BCUT2D eigenvalue weighted by Crippen LogP contribution is 2.35. The van der Waals surface area contributed by atoms with E-state index in [2.05, 4.69) is 167 Å². The number of hydrogen-bond donors (Lipinski definition) is 4. The van der Waals surface area contributed by atoms with Gasteiger partial charge in [0.15, 0.2) is 0 Å². The third-order valence-electron chi connectivity index (χ3n) is 10.6. The molecule has 2 atom stereocenters. The Morgan fingerprint density at radius 1 is 0.692 bits per heavy atom. The van der Waals surface area contributed by atoms with Crippen molar-refractivity contribution < 1.29 is 0 Å². The molecule has 2 unspecified atom stereocenters. The van der Waals surface area contributed by atoms with Gasteiger partial charge in [-0.05, 0) is 130 Å². The van der Waals surface area contributed by atoms with Crippen LogP contribution in [0, 0.1) is 41.5 Å². The molecule has 268 valence electrons. The van der Waals surface area contributed by atoms with Gasteiger partial charge >= 0.3 is 0 Å². The minimum absolute atomic E-state index is 0.146. The second-order valence-electron chi connectivity index (χ2n) is 14.9. The molecule has 3 N–H and O–H groups in total. The molecule has 3 nitrogen and oxygen atoms in total. The lowest BCUT2D eigenvalue weighted by Gasteiger charge is -2.31. The van der Waals surface area contributed by atoms with Crippen LogP contribution in [0.15, 0.2) is 116 Å². The lowest BCUT2D eigenvalue weighted by Crippen LogP contribution is -2.38. The first-order valence-corrected chi connectivity index (χ1v) is 19.4. The lowest BCUT2D eigenvalue weighted by atomic mass is 9.84. The Bertz CT molecular complexity index is 1890. The average molecular weight is 706 g/mol. The van der Waals surface area contributed by atoms with Crippen molar-refractivity contribution in [2.75, 3.05) is 10.6 Å². The monoisotopic (exact) mass is 705 g/mol. The summed E-state index contributed by atoms with van der Waals surface area (Å²) in [6.45, 7) is 17.1. The van der Waals surface area contributed by atoms with Crippen molar-refractivity contribution >= 4 is 41.1 Å². The van der Waals surface area contributed by atoms with Crippen molar-refractivity contribution in [2.45, 2.75) is 90.9 Å². The lowest BCUT2D eigenvalue weighted by molar-refractivity contribution is 0.422. The van der Waals surface area contributed by atoms with Crippen LogP contribution in [0.1, 0.15) is 87.2 Å². The minimum Gasteiger partial charge on any atom is -0.381 e. The Labute approximate surface area is 318 Å². The van der Waals surface area contributed by atoms with Crippen molar-refractivity contribution in [3.63, 3.8) is 0 Å². The molecule has 1 saturated carbocycles. The van der Waals surface area contributed by atoms with Gasteiger partial charge in [-0.3, -0.25) is 0 Å². The normalized spacial score (nSPS) is 16.1. The van der Waals surface area contributed by atoms with E-state index >= 15 is 0 Å². The van der Waals surface area contributed by atoms with E-state index in [-0.39, 0.29) is 5.92 Å². The Kier molecular flexibility index (Phi) is 12.0. The molecule has 0 saturated heterocycles. The Morgan fingerprint density at radius 2 is 1.17 bits per heavy atom. The van der Waals surface area contributed by atoms with Crippen LogP contribution in [-0.4, -0.2) is 11.3 Å². The third-order valence-corrected chi connectivity index (χ3v) is 11.2. The van der Waals surface area contributed by atoms with Crippen molar-refractivity contribution in [3.8, 4) is 0 Å². The summed E-state index contributed by atoms with van der Waals surface area (Å²) >= 11 is 4.97. The van der Waals surface area contributed by atoms with Gasteiger partial charge in [0.1, 0.15) is 0 Å². The molecule has 0 spiro atoms. The van der Waals surface area contributed by atoms with Gasteiger partial charge in [-0.2, -0.15) is 12.6 Å². The van der Waals surface area contributed by atoms with Crippen molar-refractivity contribution in [1.29, 1.82) is 0 Å². The second-order valence-corrected chi connectivity index (χ2v) is 15.5. The molecule has 0 aliphatic heterocycles. The summed E-state index contributed by atoms with van der Waals surface area (Å²) in [5.74, 6) is 0.146. The molecule has 1 aliphatic carbocycles. The smallest absolute Gasteiger partial charge is 0.0443 e. The van der Waals surface area contributed by atoms with Crippen LogP contribution in [-0.2, 0) is 6.42 Å². The van der Waals surface area contributed by atoms with Crippen molar-refractivity contribution in [1.82, 2.24) is 5.32 Å². The molecule has 5 aromatic rings. The molecular formula is C48H55N3S. The van der Waals surface area contributed by atoms with E-state index in [0.717, 1.165) is 36.3 Å². The molecule has 0 heterocycles. The summed E-state index contributed by atoms with van der Waals surface area (Å²) in [6, 6.07) is 36.3. The van der Waals surface area contributed by atoms with Crippen LogP contribution in [0.2, 0.25) is 0 Å². The fourth-order valence-electron chi connectivity index (χ4n) is 8.06. The molecule has 52 heavy (non-hydrogen) atoms. The average Bonchev–Trinajstić information content (AvgIpc) is 3.12. The largest absolute Gasteiger partial charge is 0.381 e. The summed E-state index contributed by atoms with van der Waals surface area (Å²) in [5, 5.41) is 11.7. The van der Waals surface area contributed by atoms with Crippen LogP contribution in [0.4, 0.5) is 22.7 Å². The summed E-state index contributed by atoms with van der Waals surface area (Å²) in [7, 11) is 0. The zero-order valence-corrected chi connectivity index (χ0v) is 32.7. The number of aryl methyl sites for hydroxylation is 6. The van der Waals surface area contributed by atoms with E-state index in [1.165, 1.54) is 79.9 Å². The Hall–Kier alpha value is -4.67.